The van der Waals surface area contributed by atoms with Gasteiger partial charge in [-0.15, -0.1) is 0 Å². The van der Waals surface area contributed by atoms with Gasteiger partial charge >= 0.3 is 5.97 Å². The average molecular weight is 457 g/mol. The van der Waals surface area contributed by atoms with E-state index in [-0.39, 0.29) is 23.0 Å². The Morgan fingerprint density at radius 2 is 1.75 bits per heavy atom. The zero-order chi connectivity index (χ0) is 23.1. The highest BCUT2D eigenvalue weighted by molar-refractivity contribution is 7.89. The van der Waals surface area contributed by atoms with E-state index in [1.165, 1.54) is 37.5 Å². The first-order valence-corrected chi connectivity index (χ1v) is 11.4. The third-order valence-corrected chi connectivity index (χ3v) is 6.11. The molecule has 0 unspecified atom stereocenters. The lowest BCUT2D eigenvalue weighted by atomic mass is 10.1. The van der Waals surface area contributed by atoms with E-state index in [0.29, 0.717) is 5.76 Å². The molecule has 0 radical (unpaired) electrons. The number of esters is 1. The topological polar surface area (TPSA) is 115 Å². The summed E-state index contributed by atoms with van der Waals surface area (Å²) in [6.07, 6.45) is 0.379. The molecule has 0 saturated carbocycles. The van der Waals surface area contributed by atoms with Crippen LogP contribution in [0.1, 0.15) is 41.6 Å². The summed E-state index contributed by atoms with van der Waals surface area (Å²) in [6, 6.07) is 17.8. The van der Waals surface area contributed by atoms with Gasteiger partial charge in [0.15, 0.2) is 6.10 Å². The summed E-state index contributed by atoms with van der Waals surface area (Å²) < 4.78 is 37.8. The molecular weight excluding hydrogens is 432 g/mol. The standard InChI is InChI=1S/C23H24N2O6S/c1-16(18-8-4-3-5-9-18)25-22(26)17(2)31-23(27)19-10-6-12-21(14-19)32(28,29)24-15-20-11-7-13-30-20/h3-14,16-17,24H,15H2,1-2H3,(H,25,26)/t16-,17-/m1/s1. The van der Waals surface area contributed by atoms with Crippen LogP contribution in [0.3, 0.4) is 0 Å². The molecule has 32 heavy (non-hydrogen) atoms. The summed E-state index contributed by atoms with van der Waals surface area (Å²) in [4.78, 5) is 24.8. The van der Waals surface area contributed by atoms with Crippen molar-refractivity contribution in [3.05, 3.63) is 89.9 Å². The second-order valence-corrected chi connectivity index (χ2v) is 8.89. The van der Waals surface area contributed by atoms with Crippen LogP contribution in [0.25, 0.3) is 0 Å². The van der Waals surface area contributed by atoms with Crippen LogP contribution in [0.2, 0.25) is 0 Å². The van der Waals surface area contributed by atoms with Gasteiger partial charge < -0.3 is 14.5 Å². The van der Waals surface area contributed by atoms with Crippen LogP contribution in [0, 0.1) is 0 Å². The summed E-state index contributed by atoms with van der Waals surface area (Å²) in [5, 5.41) is 2.79. The van der Waals surface area contributed by atoms with Crippen molar-refractivity contribution in [1.82, 2.24) is 10.0 Å². The van der Waals surface area contributed by atoms with Crippen molar-refractivity contribution in [3.8, 4) is 0 Å². The summed E-state index contributed by atoms with van der Waals surface area (Å²) in [5.41, 5.74) is 0.931. The van der Waals surface area contributed by atoms with Crippen LogP contribution in [0.4, 0.5) is 0 Å². The second-order valence-electron chi connectivity index (χ2n) is 7.12. The van der Waals surface area contributed by atoms with Gasteiger partial charge in [-0.3, -0.25) is 4.79 Å². The van der Waals surface area contributed by atoms with Gasteiger partial charge in [0, 0.05) is 0 Å². The molecule has 1 heterocycles. The molecule has 2 N–H and O–H groups in total. The van der Waals surface area contributed by atoms with Crippen molar-refractivity contribution in [2.45, 2.75) is 37.4 Å². The molecule has 0 aliphatic carbocycles. The lowest BCUT2D eigenvalue weighted by Gasteiger charge is -2.18. The number of furan rings is 1. The molecule has 0 spiro atoms. The number of rotatable bonds is 9. The predicted molar refractivity (Wildman–Crippen MR) is 117 cm³/mol. The highest BCUT2D eigenvalue weighted by Crippen LogP contribution is 2.15. The van der Waals surface area contributed by atoms with E-state index in [0.717, 1.165) is 5.56 Å². The highest BCUT2D eigenvalue weighted by Gasteiger charge is 2.22. The summed E-state index contributed by atoms with van der Waals surface area (Å²) >= 11 is 0. The molecule has 168 valence electrons. The number of ether oxygens (including phenoxy) is 1. The molecule has 1 amide bonds. The largest absolute Gasteiger partial charge is 0.468 e. The van der Waals surface area contributed by atoms with Gasteiger partial charge in [-0.25, -0.2) is 17.9 Å². The molecule has 0 fully saturated rings. The minimum absolute atomic E-state index is 0.0154. The SMILES string of the molecule is C[C@@H](OC(=O)c1cccc(S(=O)(=O)NCc2ccco2)c1)C(=O)N[C@H](C)c1ccccc1. The lowest BCUT2D eigenvalue weighted by molar-refractivity contribution is -0.129. The fourth-order valence-corrected chi connectivity index (χ4v) is 3.93. The second kappa shape index (κ2) is 10.3. The minimum atomic E-state index is -3.88. The quantitative estimate of drug-likeness (QED) is 0.478. The Labute approximate surface area is 186 Å². The molecule has 3 aromatic rings. The Kier molecular flexibility index (Phi) is 7.45. The first-order chi connectivity index (χ1) is 15.3. The molecule has 0 aliphatic rings. The molecule has 8 nitrogen and oxygen atoms in total. The maximum absolute atomic E-state index is 12.5. The maximum Gasteiger partial charge on any atom is 0.338 e. The van der Waals surface area contributed by atoms with Gasteiger partial charge in [0.2, 0.25) is 10.0 Å². The van der Waals surface area contributed by atoms with E-state index in [2.05, 4.69) is 10.0 Å². The van der Waals surface area contributed by atoms with Crippen LogP contribution in [-0.4, -0.2) is 26.4 Å². The molecule has 2 atom stereocenters. The average Bonchev–Trinajstić information content (AvgIpc) is 3.32. The van der Waals surface area contributed by atoms with Gasteiger partial charge in [-0.1, -0.05) is 36.4 Å². The Balaban J connectivity index is 1.61. The first kappa shape index (κ1) is 23.2. The van der Waals surface area contributed by atoms with E-state index in [1.807, 2.05) is 37.3 Å². The third-order valence-electron chi connectivity index (χ3n) is 4.71. The molecule has 2 aromatic carbocycles. The van der Waals surface area contributed by atoms with Crippen molar-refractivity contribution in [2.24, 2.45) is 0 Å². The normalized spacial score (nSPS) is 13.2. The number of hydrogen-bond acceptors (Lipinski definition) is 6. The molecule has 1 aromatic heterocycles. The zero-order valence-electron chi connectivity index (χ0n) is 17.6. The number of amides is 1. The number of hydrogen-bond donors (Lipinski definition) is 2. The van der Waals surface area contributed by atoms with Crippen molar-refractivity contribution in [1.29, 1.82) is 0 Å². The van der Waals surface area contributed by atoms with E-state index in [4.69, 9.17) is 9.15 Å². The fraction of sp³-hybridized carbons (Fsp3) is 0.217. The Hall–Kier alpha value is -3.43. The van der Waals surface area contributed by atoms with Crippen LogP contribution in [-0.2, 0) is 26.1 Å². The molecule has 0 saturated heterocycles. The van der Waals surface area contributed by atoms with Gasteiger partial charge in [-0.05, 0) is 49.7 Å². The number of sulfonamides is 1. The highest BCUT2D eigenvalue weighted by atomic mass is 32.2. The first-order valence-electron chi connectivity index (χ1n) is 9.94. The van der Waals surface area contributed by atoms with E-state index in [9.17, 15) is 18.0 Å². The van der Waals surface area contributed by atoms with Gasteiger partial charge in [0.25, 0.3) is 5.91 Å². The molecule has 3 rings (SSSR count). The molecular formula is C23H24N2O6S. The summed E-state index contributed by atoms with van der Waals surface area (Å²) in [7, 11) is -3.88. The van der Waals surface area contributed by atoms with Crippen molar-refractivity contribution in [2.75, 3.05) is 0 Å². The number of benzene rings is 2. The van der Waals surface area contributed by atoms with E-state index >= 15 is 0 Å². The lowest BCUT2D eigenvalue weighted by Crippen LogP contribution is -2.37. The molecule has 0 bridgehead atoms. The Bertz CT molecular complexity index is 1160. The third kappa shape index (κ3) is 6.05. The molecule has 9 heteroatoms. The van der Waals surface area contributed by atoms with Crippen LogP contribution >= 0.6 is 0 Å². The van der Waals surface area contributed by atoms with Gasteiger partial charge in [-0.2, -0.15) is 0 Å². The summed E-state index contributed by atoms with van der Waals surface area (Å²) in [5.74, 6) is -0.810. The monoisotopic (exact) mass is 456 g/mol. The molecule has 0 aliphatic heterocycles. The number of nitrogens with one attached hydrogen (secondary N) is 2. The van der Waals surface area contributed by atoms with Crippen LogP contribution in [0.15, 0.2) is 82.3 Å². The van der Waals surface area contributed by atoms with Crippen LogP contribution in [0.5, 0.6) is 0 Å². The Morgan fingerprint density at radius 3 is 2.44 bits per heavy atom. The fourth-order valence-electron chi connectivity index (χ4n) is 2.89. The number of carbonyl (C=O) groups is 2. The van der Waals surface area contributed by atoms with Gasteiger partial charge in [0.05, 0.1) is 29.3 Å². The van der Waals surface area contributed by atoms with Crippen molar-refractivity contribution >= 4 is 21.9 Å². The van der Waals surface area contributed by atoms with E-state index < -0.39 is 28.0 Å². The predicted octanol–water partition coefficient (Wildman–Crippen LogP) is 3.18. The summed E-state index contributed by atoms with van der Waals surface area (Å²) in [6.45, 7) is 3.25. The zero-order valence-corrected chi connectivity index (χ0v) is 18.5. The minimum Gasteiger partial charge on any atom is -0.468 e. The maximum atomic E-state index is 12.5. The van der Waals surface area contributed by atoms with E-state index in [1.54, 1.807) is 12.1 Å². The van der Waals surface area contributed by atoms with Crippen LogP contribution < -0.4 is 10.0 Å². The van der Waals surface area contributed by atoms with Crippen molar-refractivity contribution in [3.63, 3.8) is 0 Å². The smallest absolute Gasteiger partial charge is 0.338 e. The Morgan fingerprint density at radius 1 is 1.00 bits per heavy atom. The van der Waals surface area contributed by atoms with Gasteiger partial charge in [0.1, 0.15) is 5.76 Å². The number of carbonyl (C=O) groups excluding carboxylic acids is 2. The van der Waals surface area contributed by atoms with Crippen molar-refractivity contribution < 1.29 is 27.2 Å².